The van der Waals surface area contributed by atoms with Crippen molar-refractivity contribution in [1.29, 1.82) is 0 Å². The summed E-state index contributed by atoms with van der Waals surface area (Å²) >= 11 is 11.9. The highest BCUT2D eigenvalue weighted by Gasteiger charge is 2.60. The van der Waals surface area contributed by atoms with Crippen molar-refractivity contribution in [2.45, 2.75) is 5.54 Å². The van der Waals surface area contributed by atoms with E-state index in [1.165, 1.54) is 4.90 Å². The third-order valence-electron chi connectivity index (χ3n) is 4.58. The lowest BCUT2D eigenvalue weighted by Crippen LogP contribution is -2.52. The largest absolute Gasteiger partial charge is 0.323 e. The topological polar surface area (TPSA) is 78.5 Å². The van der Waals surface area contributed by atoms with Crippen LogP contribution in [0.5, 0.6) is 0 Å². The molecule has 0 bridgehead atoms. The van der Waals surface area contributed by atoms with Crippen molar-refractivity contribution >= 4 is 52.8 Å². The smallest absolute Gasteiger partial charge is 0.312 e. The van der Waals surface area contributed by atoms with Crippen molar-refractivity contribution in [3.63, 3.8) is 0 Å². The molecule has 2 heterocycles. The van der Waals surface area contributed by atoms with Crippen molar-refractivity contribution in [3.05, 3.63) is 69.7 Å². The molecule has 2 aliphatic heterocycles. The Bertz CT molecular complexity index is 1020. The van der Waals surface area contributed by atoms with Crippen LogP contribution in [0.2, 0.25) is 10.0 Å². The molecule has 0 saturated carbocycles. The Morgan fingerprint density at radius 2 is 1.81 bits per heavy atom. The summed E-state index contributed by atoms with van der Waals surface area (Å²) in [4.78, 5) is 38.6. The SMILES string of the molecule is O=C1NC(=O)C2(N1)C(=O)N(C/C=C/c1ccc(Cl)c(Cl)c1)c1ccccc12. The minimum atomic E-state index is -1.70. The number of amides is 4. The van der Waals surface area contributed by atoms with E-state index >= 15 is 0 Å². The summed E-state index contributed by atoms with van der Waals surface area (Å²) in [6.45, 7) is 0.223. The molecule has 4 amide bonds. The lowest BCUT2D eigenvalue weighted by atomic mass is 9.92. The average molecular weight is 402 g/mol. The standard InChI is InChI=1S/C19H13Cl2N3O3/c20-13-8-7-11(10-14(13)21)4-3-9-24-15-6-2-1-5-12(15)19(17(24)26)16(25)22-18(27)23-19/h1-8,10H,9H2,(H2,22,23,25,27)/b4-3+. The molecule has 136 valence electrons. The second-order valence-corrected chi connectivity index (χ2v) is 6.98. The zero-order valence-corrected chi connectivity index (χ0v) is 15.3. The molecule has 2 N–H and O–H groups in total. The maximum Gasteiger partial charge on any atom is 0.323 e. The molecular formula is C19H13Cl2N3O3. The molecule has 4 rings (SSSR count). The first-order chi connectivity index (χ1) is 12.9. The number of halogens is 2. The molecule has 2 aromatic rings. The highest BCUT2D eigenvalue weighted by Crippen LogP contribution is 2.41. The summed E-state index contributed by atoms with van der Waals surface area (Å²) in [7, 11) is 0. The van der Waals surface area contributed by atoms with Crippen LogP contribution in [0.4, 0.5) is 10.5 Å². The summed E-state index contributed by atoms with van der Waals surface area (Å²) in [6.07, 6.45) is 3.58. The highest BCUT2D eigenvalue weighted by atomic mass is 35.5. The number of imide groups is 1. The van der Waals surface area contributed by atoms with Crippen LogP contribution in [0, 0.1) is 0 Å². The molecule has 0 aromatic heterocycles. The number of carbonyl (C=O) groups is 3. The highest BCUT2D eigenvalue weighted by molar-refractivity contribution is 6.42. The summed E-state index contributed by atoms with van der Waals surface area (Å²) in [5.41, 5.74) is 0.163. The molecule has 0 aliphatic carbocycles. The van der Waals surface area contributed by atoms with Crippen LogP contribution in [0.3, 0.4) is 0 Å². The summed E-state index contributed by atoms with van der Waals surface area (Å²) in [5, 5.41) is 5.54. The monoisotopic (exact) mass is 401 g/mol. The van der Waals surface area contributed by atoms with Crippen LogP contribution in [-0.2, 0) is 15.1 Å². The Hall–Kier alpha value is -2.83. The Morgan fingerprint density at radius 3 is 2.52 bits per heavy atom. The molecule has 1 unspecified atom stereocenters. The van der Waals surface area contributed by atoms with Crippen LogP contribution >= 0.6 is 23.2 Å². The van der Waals surface area contributed by atoms with Gasteiger partial charge in [0, 0.05) is 12.1 Å². The summed E-state index contributed by atoms with van der Waals surface area (Å²) in [6, 6.07) is 11.4. The maximum atomic E-state index is 13.1. The minimum absolute atomic E-state index is 0.223. The molecule has 2 aromatic carbocycles. The van der Waals surface area contributed by atoms with Gasteiger partial charge in [0.05, 0.1) is 15.7 Å². The minimum Gasteiger partial charge on any atom is -0.312 e. The van der Waals surface area contributed by atoms with E-state index in [9.17, 15) is 14.4 Å². The number of para-hydroxylation sites is 1. The fourth-order valence-corrected chi connectivity index (χ4v) is 3.65. The van der Waals surface area contributed by atoms with Crippen LogP contribution in [0.15, 0.2) is 48.5 Å². The normalized spacial score (nSPS) is 21.1. The number of anilines is 1. The van der Waals surface area contributed by atoms with Gasteiger partial charge in [-0.3, -0.25) is 14.9 Å². The molecule has 8 heteroatoms. The van der Waals surface area contributed by atoms with Crippen molar-refractivity contribution in [2.75, 3.05) is 11.4 Å². The number of fused-ring (bicyclic) bond motifs is 2. The predicted molar refractivity (Wildman–Crippen MR) is 103 cm³/mol. The number of nitrogens with one attached hydrogen (secondary N) is 2. The van der Waals surface area contributed by atoms with E-state index in [4.69, 9.17) is 23.2 Å². The number of urea groups is 1. The van der Waals surface area contributed by atoms with Gasteiger partial charge in [0.1, 0.15) is 0 Å². The number of benzene rings is 2. The van der Waals surface area contributed by atoms with E-state index < -0.39 is 23.4 Å². The summed E-state index contributed by atoms with van der Waals surface area (Å²) in [5.74, 6) is -1.16. The van der Waals surface area contributed by atoms with Gasteiger partial charge in [-0.25, -0.2) is 4.79 Å². The zero-order valence-electron chi connectivity index (χ0n) is 13.8. The second kappa shape index (κ2) is 6.40. The molecule has 1 spiro atoms. The first-order valence-corrected chi connectivity index (χ1v) is 8.86. The Morgan fingerprint density at radius 1 is 1.04 bits per heavy atom. The maximum absolute atomic E-state index is 13.1. The van der Waals surface area contributed by atoms with Crippen LogP contribution in [-0.4, -0.2) is 24.4 Å². The fourth-order valence-electron chi connectivity index (χ4n) is 3.34. The van der Waals surface area contributed by atoms with Gasteiger partial charge in [-0.1, -0.05) is 59.6 Å². The van der Waals surface area contributed by atoms with Gasteiger partial charge < -0.3 is 10.2 Å². The van der Waals surface area contributed by atoms with E-state index in [0.717, 1.165) is 5.56 Å². The third kappa shape index (κ3) is 2.69. The fraction of sp³-hybridized carbons (Fsp3) is 0.105. The summed E-state index contributed by atoms with van der Waals surface area (Å²) < 4.78 is 0. The van der Waals surface area contributed by atoms with Gasteiger partial charge in [-0.15, -0.1) is 0 Å². The van der Waals surface area contributed by atoms with Gasteiger partial charge in [-0.2, -0.15) is 0 Å². The Labute approximate surface area is 164 Å². The van der Waals surface area contributed by atoms with Crippen LogP contribution < -0.4 is 15.5 Å². The molecule has 2 aliphatic rings. The van der Waals surface area contributed by atoms with Crippen molar-refractivity contribution in [2.24, 2.45) is 0 Å². The van der Waals surface area contributed by atoms with Gasteiger partial charge in [-0.05, 0) is 23.8 Å². The number of carbonyl (C=O) groups excluding carboxylic acids is 3. The van der Waals surface area contributed by atoms with Crippen molar-refractivity contribution < 1.29 is 14.4 Å². The van der Waals surface area contributed by atoms with E-state index in [0.29, 0.717) is 21.3 Å². The Kier molecular flexibility index (Phi) is 4.17. The van der Waals surface area contributed by atoms with Gasteiger partial charge in [0.2, 0.25) is 5.54 Å². The van der Waals surface area contributed by atoms with Gasteiger partial charge in [0.25, 0.3) is 11.8 Å². The van der Waals surface area contributed by atoms with E-state index in [1.54, 1.807) is 54.6 Å². The molecule has 1 atom stereocenters. The number of rotatable bonds is 3. The van der Waals surface area contributed by atoms with E-state index in [1.807, 2.05) is 0 Å². The van der Waals surface area contributed by atoms with Crippen molar-refractivity contribution in [3.8, 4) is 0 Å². The zero-order chi connectivity index (χ0) is 19.2. The number of hydrogen-bond acceptors (Lipinski definition) is 3. The Balaban J connectivity index is 1.65. The van der Waals surface area contributed by atoms with Crippen molar-refractivity contribution in [1.82, 2.24) is 10.6 Å². The molecular weight excluding hydrogens is 389 g/mol. The molecule has 0 radical (unpaired) electrons. The van der Waals surface area contributed by atoms with E-state index in [-0.39, 0.29) is 6.54 Å². The molecule has 27 heavy (non-hydrogen) atoms. The molecule has 1 fully saturated rings. The lowest BCUT2D eigenvalue weighted by molar-refractivity contribution is -0.133. The predicted octanol–water partition coefficient (Wildman–Crippen LogP) is 3.09. The van der Waals surface area contributed by atoms with Gasteiger partial charge in [0.15, 0.2) is 0 Å². The quantitative estimate of drug-likeness (QED) is 0.612. The third-order valence-corrected chi connectivity index (χ3v) is 5.31. The van der Waals surface area contributed by atoms with Gasteiger partial charge >= 0.3 is 6.03 Å². The average Bonchev–Trinajstić information content (AvgIpc) is 3.07. The van der Waals surface area contributed by atoms with E-state index in [2.05, 4.69) is 10.6 Å². The molecule has 6 nitrogen and oxygen atoms in total. The number of hydrogen-bond donors (Lipinski definition) is 2. The molecule has 1 saturated heterocycles. The van der Waals surface area contributed by atoms with Crippen LogP contribution in [0.1, 0.15) is 11.1 Å². The lowest BCUT2D eigenvalue weighted by Gasteiger charge is -2.20. The number of nitrogens with zero attached hydrogens (tertiary/aromatic N) is 1. The van der Waals surface area contributed by atoms with Crippen LogP contribution in [0.25, 0.3) is 6.08 Å². The second-order valence-electron chi connectivity index (χ2n) is 6.17. The first kappa shape index (κ1) is 17.6. The first-order valence-electron chi connectivity index (χ1n) is 8.10.